The number of hydrogen-bond acceptors (Lipinski definition) is 4. The lowest BCUT2D eigenvalue weighted by Crippen LogP contribution is -2.48. The minimum Gasteiger partial charge on any atom is -0.394 e. The molecule has 0 unspecified atom stereocenters. The summed E-state index contributed by atoms with van der Waals surface area (Å²) in [6.45, 7) is 7.03. The van der Waals surface area contributed by atoms with Gasteiger partial charge in [-0.2, -0.15) is 5.10 Å². The van der Waals surface area contributed by atoms with Crippen LogP contribution in [0.15, 0.2) is 4.47 Å². The van der Waals surface area contributed by atoms with Crippen molar-refractivity contribution in [1.29, 1.82) is 0 Å². The average molecular weight is 320 g/mol. The van der Waals surface area contributed by atoms with Gasteiger partial charge in [0, 0.05) is 13.1 Å². The molecule has 1 aromatic heterocycles. The molecule has 0 saturated carbocycles. The van der Waals surface area contributed by atoms with Gasteiger partial charge in [-0.05, 0) is 36.2 Å². The summed E-state index contributed by atoms with van der Waals surface area (Å²) in [5, 5.41) is 26.2. The molecule has 1 aromatic rings. The molecule has 0 spiro atoms. The average Bonchev–Trinajstić information content (AvgIpc) is 2.72. The standard InChI is InChI=1S/C12H22BrN3O2/c1-4-9-11(13)10(16(5-2)15-9)6-14-12(3,7-17)8-18/h14,17-18H,4-8H2,1-3H3. The molecule has 0 amide bonds. The fraction of sp³-hybridized carbons (Fsp3) is 0.750. The molecule has 6 heteroatoms. The Morgan fingerprint density at radius 3 is 2.39 bits per heavy atom. The van der Waals surface area contributed by atoms with Crippen molar-refractivity contribution in [3.63, 3.8) is 0 Å². The van der Waals surface area contributed by atoms with Crippen LogP contribution in [0.25, 0.3) is 0 Å². The Morgan fingerprint density at radius 1 is 1.33 bits per heavy atom. The molecular weight excluding hydrogens is 298 g/mol. The highest BCUT2D eigenvalue weighted by Crippen LogP contribution is 2.22. The molecular formula is C12H22BrN3O2. The summed E-state index contributed by atoms with van der Waals surface area (Å²) in [5.41, 5.74) is 1.40. The summed E-state index contributed by atoms with van der Waals surface area (Å²) in [5.74, 6) is 0. The zero-order valence-electron chi connectivity index (χ0n) is 11.2. The Labute approximate surface area is 116 Å². The van der Waals surface area contributed by atoms with Gasteiger partial charge >= 0.3 is 0 Å². The Bertz CT molecular complexity index is 389. The third-order valence-corrected chi connectivity index (χ3v) is 3.99. The molecule has 0 aliphatic rings. The number of aryl methyl sites for hydroxylation is 2. The van der Waals surface area contributed by atoms with Crippen molar-refractivity contribution in [2.24, 2.45) is 0 Å². The SMILES string of the molecule is CCc1nn(CC)c(CNC(C)(CO)CO)c1Br. The number of aromatic nitrogens is 2. The first kappa shape index (κ1) is 15.6. The van der Waals surface area contributed by atoms with Crippen LogP contribution in [0.1, 0.15) is 32.2 Å². The second-order valence-corrected chi connectivity index (χ2v) is 5.40. The lowest BCUT2D eigenvalue weighted by atomic mass is 10.1. The summed E-state index contributed by atoms with van der Waals surface area (Å²) in [7, 11) is 0. The van der Waals surface area contributed by atoms with E-state index in [9.17, 15) is 10.2 Å². The Hall–Kier alpha value is -0.430. The van der Waals surface area contributed by atoms with E-state index >= 15 is 0 Å². The second-order valence-electron chi connectivity index (χ2n) is 4.61. The maximum Gasteiger partial charge on any atom is 0.0767 e. The highest BCUT2D eigenvalue weighted by Gasteiger charge is 2.23. The van der Waals surface area contributed by atoms with Crippen molar-refractivity contribution in [3.8, 4) is 0 Å². The van der Waals surface area contributed by atoms with E-state index in [4.69, 9.17) is 0 Å². The van der Waals surface area contributed by atoms with Crippen LogP contribution in [0.4, 0.5) is 0 Å². The third-order valence-electron chi connectivity index (χ3n) is 3.07. The summed E-state index contributed by atoms with van der Waals surface area (Å²) < 4.78 is 2.95. The van der Waals surface area contributed by atoms with Crippen LogP contribution in [0.2, 0.25) is 0 Å². The van der Waals surface area contributed by atoms with E-state index in [0.29, 0.717) is 6.54 Å². The Kier molecular flexibility index (Phi) is 5.78. The molecule has 0 aliphatic heterocycles. The predicted octanol–water partition coefficient (Wildman–Crippen LogP) is 1.06. The zero-order chi connectivity index (χ0) is 13.8. The molecule has 5 nitrogen and oxygen atoms in total. The van der Waals surface area contributed by atoms with E-state index in [0.717, 1.165) is 28.8 Å². The van der Waals surface area contributed by atoms with Crippen LogP contribution in [0.5, 0.6) is 0 Å². The number of hydrogen-bond donors (Lipinski definition) is 3. The minimum atomic E-state index is -0.672. The first-order valence-corrected chi connectivity index (χ1v) is 7.01. The fourth-order valence-corrected chi connectivity index (χ4v) is 2.35. The zero-order valence-corrected chi connectivity index (χ0v) is 12.8. The minimum absolute atomic E-state index is 0.109. The monoisotopic (exact) mass is 319 g/mol. The highest BCUT2D eigenvalue weighted by atomic mass is 79.9. The van der Waals surface area contributed by atoms with Crippen LogP contribution in [0, 0.1) is 0 Å². The van der Waals surface area contributed by atoms with Gasteiger partial charge in [0.25, 0.3) is 0 Å². The van der Waals surface area contributed by atoms with Crippen molar-refractivity contribution >= 4 is 15.9 Å². The first-order valence-electron chi connectivity index (χ1n) is 6.22. The van der Waals surface area contributed by atoms with Gasteiger partial charge in [0.1, 0.15) is 0 Å². The predicted molar refractivity (Wildman–Crippen MR) is 74.4 cm³/mol. The molecule has 104 valence electrons. The van der Waals surface area contributed by atoms with Crippen molar-refractivity contribution < 1.29 is 10.2 Å². The molecule has 0 aromatic carbocycles. The van der Waals surface area contributed by atoms with Crippen molar-refractivity contribution in [3.05, 3.63) is 15.9 Å². The number of rotatable bonds is 7. The van der Waals surface area contributed by atoms with Crippen molar-refractivity contribution in [2.45, 2.75) is 45.8 Å². The van der Waals surface area contributed by atoms with Crippen molar-refractivity contribution in [2.75, 3.05) is 13.2 Å². The number of nitrogens with one attached hydrogen (secondary N) is 1. The van der Waals surface area contributed by atoms with Gasteiger partial charge in [0.2, 0.25) is 0 Å². The maximum absolute atomic E-state index is 9.25. The van der Waals surface area contributed by atoms with E-state index in [-0.39, 0.29) is 13.2 Å². The number of aliphatic hydroxyl groups excluding tert-OH is 2. The first-order chi connectivity index (χ1) is 8.51. The smallest absolute Gasteiger partial charge is 0.0767 e. The number of halogens is 1. The quantitative estimate of drug-likeness (QED) is 0.703. The molecule has 0 atom stereocenters. The molecule has 0 bridgehead atoms. The molecule has 18 heavy (non-hydrogen) atoms. The van der Waals surface area contributed by atoms with Crippen LogP contribution >= 0.6 is 15.9 Å². The Morgan fingerprint density at radius 2 is 1.94 bits per heavy atom. The maximum atomic E-state index is 9.25. The van der Waals surface area contributed by atoms with Crippen LogP contribution in [0.3, 0.4) is 0 Å². The molecule has 0 aliphatic carbocycles. The highest BCUT2D eigenvalue weighted by molar-refractivity contribution is 9.10. The second kappa shape index (κ2) is 6.65. The van der Waals surface area contributed by atoms with Gasteiger partial charge in [-0.25, -0.2) is 0 Å². The van der Waals surface area contributed by atoms with E-state index in [2.05, 4.69) is 33.3 Å². The molecule has 1 heterocycles. The van der Waals surface area contributed by atoms with Gasteiger partial charge in [0.15, 0.2) is 0 Å². The third kappa shape index (κ3) is 3.32. The van der Waals surface area contributed by atoms with E-state index in [1.165, 1.54) is 0 Å². The van der Waals surface area contributed by atoms with Crippen LogP contribution in [-0.4, -0.2) is 38.7 Å². The largest absolute Gasteiger partial charge is 0.394 e. The van der Waals surface area contributed by atoms with Crippen LogP contribution < -0.4 is 5.32 Å². The molecule has 0 fully saturated rings. The van der Waals surface area contributed by atoms with E-state index in [1.54, 1.807) is 6.92 Å². The van der Waals surface area contributed by atoms with Gasteiger partial charge in [0.05, 0.1) is 34.6 Å². The summed E-state index contributed by atoms with van der Waals surface area (Å²) in [6.07, 6.45) is 0.873. The van der Waals surface area contributed by atoms with Crippen LogP contribution in [-0.2, 0) is 19.5 Å². The number of nitrogens with zero attached hydrogens (tertiary/aromatic N) is 2. The topological polar surface area (TPSA) is 70.3 Å². The summed E-state index contributed by atoms with van der Waals surface area (Å²) >= 11 is 3.57. The van der Waals surface area contributed by atoms with Crippen molar-refractivity contribution in [1.82, 2.24) is 15.1 Å². The molecule has 0 saturated heterocycles. The van der Waals surface area contributed by atoms with E-state index in [1.807, 2.05) is 11.6 Å². The normalized spacial score (nSPS) is 12.1. The molecule has 0 radical (unpaired) electrons. The lowest BCUT2D eigenvalue weighted by molar-refractivity contribution is 0.102. The number of aliphatic hydroxyl groups is 2. The van der Waals surface area contributed by atoms with Gasteiger partial charge in [-0.3, -0.25) is 4.68 Å². The summed E-state index contributed by atoms with van der Waals surface area (Å²) in [6, 6.07) is 0. The lowest BCUT2D eigenvalue weighted by Gasteiger charge is -2.26. The van der Waals surface area contributed by atoms with Gasteiger partial charge in [-0.1, -0.05) is 6.92 Å². The molecule has 3 N–H and O–H groups in total. The summed E-state index contributed by atoms with van der Waals surface area (Å²) in [4.78, 5) is 0. The van der Waals surface area contributed by atoms with E-state index < -0.39 is 5.54 Å². The van der Waals surface area contributed by atoms with Gasteiger partial charge in [-0.15, -0.1) is 0 Å². The fourth-order valence-electron chi connectivity index (χ4n) is 1.65. The molecule has 1 rings (SSSR count). The van der Waals surface area contributed by atoms with Gasteiger partial charge < -0.3 is 15.5 Å². The Balaban J connectivity index is 2.87.